The maximum Gasteiger partial charge on any atom is 0.221 e. The van der Waals surface area contributed by atoms with Gasteiger partial charge in [0.2, 0.25) is 5.91 Å². The Morgan fingerprint density at radius 1 is 1.38 bits per heavy atom. The second-order valence-corrected chi connectivity index (χ2v) is 4.96. The van der Waals surface area contributed by atoms with Crippen LogP contribution < -0.4 is 10.6 Å². The average Bonchev–Trinajstić information content (AvgIpc) is 2.48. The van der Waals surface area contributed by atoms with E-state index in [2.05, 4.69) is 10.6 Å². The summed E-state index contributed by atoms with van der Waals surface area (Å²) in [6.45, 7) is 3.32. The van der Waals surface area contributed by atoms with Crippen molar-refractivity contribution in [3.05, 3.63) is 35.4 Å². The van der Waals surface area contributed by atoms with Gasteiger partial charge >= 0.3 is 0 Å². The zero-order valence-electron chi connectivity index (χ0n) is 12.3. The first-order valence-electron chi connectivity index (χ1n) is 6.92. The predicted octanol–water partition coefficient (Wildman–Crippen LogP) is 1.25. The van der Waals surface area contributed by atoms with Gasteiger partial charge in [0, 0.05) is 32.7 Å². The molecule has 1 unspecified atom stereocenters. The van der Waals surface area contributed by atoms with E-state index in [4.69, 9.17) is 9.47 Å². The molecule has 1 saturated heterocycles. The second-order valence-electron chi connectivity index (χ2n) is 4.96. The number of hydrogen-bond acceptors (Lipinski definition) is 4. The molecule has 0 radical (unpaired) electrons. The van der Waals surface area contributed by atoms with E-state index >= 15 is 0 Å². The molecule has 0 spiro atoms. The Balaban J connectivity index is 0.00000220. The maximum absolute atomic E-state index is 11.8. The van der Waals surface area contributed by atoms with Gasteiger partial charge in [0.25, 0.3) is 0 Å². The summed E-state index contributed by atoms with van der Waals surface area (Å²) in [7, 11) is 1.68. The van der Waals surface area contributed by atoms with Gasteiger partial charge in [0.1, 0.15) is 0 Å². The van der Waals surface area contributed by atoms with Gasteiger partial charge in [-0.15, -0.1) is 12.4 Å². The van der Waals surface area contributed by atoms with Gasteiger partial charge in [0.15, 0.2) is 0 Å². The highest BCUT2D eigenvalue weighted by atomic mass is 35.5. The first-order chi connectivity index (χ1) is 9.78. The van der Waals surface area contributed by atoms with Crippen LogP contribution in [0.1, 0.15) is 17.5 Å². The van der Waals surface area contributed by atoms with E-state index in [0.717, 1.165) is 24.3 Å². The molecule has 1 heterocycles. The fraction of sp³-hybridized carbons (Fsp3) is 0.533. The molecule has 2 N–H and O–H groups in total. The molecule has 1 fully saturated rings. The number of rotatable bonds is 6. The van der Waals surface area contributed by atoms with Crippen LogP contribution in [0.15, 0.2) is 24.3 Å². The predicted molar refractivity (Wildman–Crippen MR) is 83.5 cm³/mol. The lowest BCUT2D eigenvalue weighted by molar-refractivity contribution is -0.122. The number of amides is 1. The van der Waals surface area contributed by atoms with Crippen LogP contribution in [0.2, 0.25) is 0 Å². The Kier molecular flexibility index (Phi) is 8.30. The molecule has 1 atom stereocenters. The summed E-state index contributed by atoms with van der Waals surface area (Å²) in [6.07, 6.45) is 0.460. The van der Waals surface area contributed by atoms with Crippen molar-refractivity contribution in [2.45, 2.75) is 25.6 Å². The van der Waals surface area contributed by atoms with Crippen molar-refractivity contribution >= 4 is 18.3 Å². The molecule has 1 aromatic rings. The van der Waals surface area contributed by atoms with Crippen molar-refractivity contribution < 1.29 is 14.3 Å². The van der Waals surface area contributed by atoms with Crippen LogP contribution in [0.5, 0.6) is 0 Å². The Labute approximate surface area is 131 Å². The molecule has 1 aliphatic rings. The van der Waals surface area contributed by atoms with Crippen molar-refractivity contribution in [3.8, 4) is 0 Å². The molecule has 0 bridgehead atoms. The molecule has 118 valence electrons. The van der Waals surface area contributed by atoms with E-state index in [9.17, 15) is 4.79 Å². The second kappa shape index (κ2) is 9.73. The monoisotopic (exact) mass is 314 g/mol. The van der Waals surface area contributed by atoms with Crippen molar-refractivity contribution in [3.63, 3.8) is 0 Å². The lowest BCUT2D eigenvalue weighted by atomic mass is 10.1. The first-order valence-corrected chi connectivity index (χ1v) is 6.92. The third-order valence-electron chi connectivity index (χ3n) is 3.25. The summed E-state index contributed by atoms with van der Waals surface area (Å²) >= 11 is 0. The van der Waals surface area contributed by atoms with Crippen LogP contribution in [0.3, 0.4) is 0 Å². The molecule has 2 rings (SSSR count). The number of carbonyl (C=O) groups is 1. The van der Waals surface area contributed by atoms with Gasteiger partial charge < -0.3 is 20.1 Å². The third-order valence-corrected chi connectivity index (χ3v) is 3.25. The summed E-state index contributed by atoms with van der Waals surface area (Å²) in [5, 5.41) is 6.20. The summed E-state index contributed by atoms with van der Waals surface area (Å²) in [5.74, 6) is 0.0500. The minimum Gasteiger partial charge on any atom is -0.380 e. The number of halogens is 1. The van der Waals surface area contributed by atoms with Gasteiger partial charge in [-0.1, -0.05) is 24.3 Å². The summed E-state index contributed by atoms with van der Waals surface area (Å²) in [6, 6.07) is 8.18. The fourth-order valence-electron chi connectivity index (χ4n) is 2.17. The quantitative estimate of drug-likeness (QED) is 0.829. The number of ether oxygens (including phenoxy) is 2. The molecule has 0 aromatic heterocycles. The van der Waals surface area contributed by atoms with Crippen molar-refractivity contribution in [1.29, 1.82) is 0 Å². The number of hydrogen-bond donors (Lipinski definition) is 2. The number of nitrogens with one attached hydrogen (secondary N) is 2. The Morgan fingerprint density at radius 2 is 2.10 bits per heavy atom. The Hall–Kier alpha value is -1.14. The molecule has 6 heteroatoms. The summed E-state index contributed by atoms with van der Waals surface area (Å²) in [5.41, 5.74) is 2.22. The highest BCUT2D eigenvalue weighted by Crippen LogP contribution is 2.05. The summed E-state index contributed by atoms with van der Waals surface area (Å²) < 4.78 is 10.4. The molecular weight excluding hydrogens is 292 g/mol. The molecule has 1 amide bonds. The number of methoxy groups -OCH3 is 1. The maximum atomic E-state index is 11.8. The Morgan fingerprint density at radius 3 is 2.71 bits per heavy atom. The molecule has 1 aromatic carbocycles. The molecule has 0 aliphatic carbocycles. The van der Waals surface area contributed by atoms with Crippen molar-refractivity contribution in [1.82, 2.24) is 10.6 Å². The average molecular weight is 315 g/mol. The fourth-order valence-corrected chi connectivity index (χ4v) is 2.17. The largest absolute Gasteiger partial charge is 0.380 e. The number of benzene rings is 1. The van der Waals surface area contributed by atoms with Crippen molar-refractivity contribution in [2.75, 3.05) is 26.9 Å². The topological polar surface area (TPSA) is 59.6 Å². The van der Waals surface area contributed by atoms with Crippen LogP contribution in [-0.2, 0) is 27.4 Å². The van der Waals surface area contributed by atoms with Gasteiger partial charge in [-0.2, -0.15) is 0 Å². The molecule has 21 heavy (non-hydrogen) atoms. The number of carbonyl (C=O) groups excluding carboxylic acids is 1. The van der Waals surface area contributed by atoms with Gasteiger partial charge in [-0.3, -0.25) is 4.79 Å². The van der Waals surface area contributed by atoms with Crippen LogP contribution in [-0.4, -0.2) is 38.8 Å². The van der Waals surface area contributed by atoms with Crippen LogP contribution in [0, 0.1) is 0 Å². The lowest BCUT2D eigenvalue weighted by Gasteiger charge is -2.23. The molecule has 5 nitrogen and oxygen atoms in total. The van der Waals surface area contributed by atoms with Gasteiger partial charge in [-0.25, -0.2) is 0 Å². The van der Waals surface area contributed by atoms with E-state index in [0.29, 0.717) is 26.2 Å². The lowest BCUT2D eigenvalue weighted by Crippen LogP contribution is -2.44. The van der Waals surface area contributed by atoms with Crippen LogP contribution in [0.4, 0.5) is 0 Å². The minimum absolute atomic E-state index is 0. The van der Waals surface area contributed by atoms with Crippen molar-refractivity contribution in [2.24, 2.45) is 0 Å². The first kappa shape index (κ1) is 17.9. The van der Waals surface area contributed by atoms with Crippen LogP contribution >= 0.6 is 12.4 Å². The summed E-state index contributed by atoms with van der Waals surface area (Å²) in [4.78, 5) is 11.8. The van der Waals surface area contributed by atoms with E-state index in [1.54, 1.807) is 7.11 Å². The normalized spacial score (nSPS) is 17.9. The number of morpholine rings is 1. The third kappa shape index (κ3) is 6.44. The smallest absolute Gasteiger partial charge is 0.221 e. The molecule has 0 saturated carbocycles. The zero-order chi connectivity index (χ0) is 14.2. The standard InChI is InChI=1S/C15H22N2O3.ClH/c1-19-10-13-4-2-12(3-5-13)9-17-15(18)8-14-11-20-7-6-16-14;/h2-5,14,16H,6-11H2,1H3,(H,17,18);1H. The van der Waals surface area contributed by atoms with E-state index < -0.39 is 0 Å². The highest BCUT2D eigenvalue weighted by molar-refractivity contribution is 5.85. The van der Waals surface area contributed by atoms with E-state index in [1.807, 2.05) is 24.3 Å². The highest BCUT2D eigenvalue weighted by Gasteiger charge is 2.16. The van der Waals surface area contributed by atoms with Gasteiger partial charge in [-0.05, 0) is 11.1 Å². The van der Waals surface area contributed by atoms with E-state index in [-0.39, 0.29) is 24.4 Å². The zero-order valence-corrected chi connectivity index (χ0v) is 13.1. The minimum atomic E-state index is 0. The molecular formula is C15H23ClN2O3. The van der Waals surface area contributed by atoms with E-state index in [1.165, 1.54) is 0 Å². The SMILES string of the molecule is COCc1ccc(CNC(=O)CC2COCCN2)cc1.Cl. The Bertz CT molecular complexity index is 419. The van der Waals surface area contributed by atoms with Crippen LogP contribution in [0.25, 0.3) is 0 Å². The molecule has 1 aliphatic heterocycles. The van der Waals surface area contributed by atoms with Gasteiger partial charge in [0.05, 0.1) is 19.8 Å².